The Labute approximate surface area is 254 Å². The number of nitrogens with one attached hydrogen (secondary N) is 1. The summed E-state index contributed by atoms with van der Waals surface area (Å²) in [5, 5.41) is 0. The molecule has 42 heavy (non-hydrogen) atoms. The van der Waals surface area contributed by atoms with Gasteiger partial charge in [0.15, 0.2) is 9.84 Å². The number of fused-ring (bicyclic) bond motifs is 3. The average molecular weight is 755 g/mol. The van der Waals surface area contributed by atoms with Crippen LogP contribution in [0.4, 0.5) is 30.7 Å². The van der Waals surface area contributed by atoms with Gasteiger partial charge < -0.3 is 4.90 Å². The monoisotopic (exact) mass is 754 g/mol. The van der Waals surface area contributed by atoms with Gasteiger partial charge in [0.2, 0.25) is 5.91 Å². The van der Waals surface area contributed by atoms with Crippen molar-refractivity contribution in [3.05, 3.63) is 62.7 Å². The molecular weight excluding hydrogens is 728 g/mol. The highest BCUT2D eigenvalue weighted by Crippen LogP contribution is 2.56. The molecule has 0 radical (unpaired) electrons. The summed E-state index contributed by atoms with van der Waals surface area (Å²) in [6, 6.07) is 6.33. The predicted molar refractivity (Wildman–Crippen MR) is 149 cm³/mol. The lowest BCUT2D eigenvalue weighted by molar-refractivity contribution is -0.348. The quantitative estimate of drug-likeness (QED) is 0.287. The van der Waals surface area contributed by atoms with Crippen LogP contribution in [-0.4, -0.2) is 60.7 Å². The van der Waals surface area contributed by atoms with Crippen LogP contribution in [-0.2, 0) is 42.5 Å². The van der Waals surface area contributed by atoms with Crippen molar-refractivity contribution >= 4 is 49.3 Å². The van der Waals surface area contributed by atoms with E-state index < -0.39 is 61.1 Å². The minimum Gasteiger partial charge on any atom is -0.338 e. The summed E-state index contributed by atoms with van der Waals surface area (Å²) in [5.41, 5.74) is -7.61. The highest BCUT2D eigenvalue weighted by atomic mass is 127. The van der Waals surface area contributed by atoms with Crippen molar-refractivity contribution in [3.8, 4) is 0 Å². The van der Waals surface area contributed by atoms with E-state index in [1.165, 1.54) is 29.2 Å². The van der Waals surface area contributed by atoms with Gasteiger partial charge in [0.05, 0.1) is 21.9 Å². The van der Waals surface area contributed by atoms with E-state index in [4.69, 9.17) is 0 Å². The van der Waals surface area contributed by atoms with Crippen LogP contribution in [0.5, 0.6) is 0 Å². The second-order valence-electron chi connectivity index (χ2n) is 10.1. The fourth-order valence-electron chi connectivity index (χ4n) is 5.91. The maximum Gasteiger partial charge on any atom is 0.435 e. The molecule has 1 saturated heterocycles. The van der Waals surface area contributed by atoms with E-state index in [1.54, 1.807) is 6.92 Å². The molecule has 1 aliphatic carbocycles. The van der Waals surface area contributed by atoms with Crippen molar-refractivity contribution in [1.29, 1.82) is 0 Å². The van der Waals surface area contributed by atoms with Crippen LogP contribution in [0.3, 0.4) is 0 Å². The summed E-state index contributed by atoms with van der Waals surface area (Å²) in [6.45, 7) is 2.05. The molecule has 16 heteroatoms. The summed E-state index contributed by atoms with van der Waals surface area (Å²) in [4.78, 5) is 14.4. The van der Waals surface area contributed by atoms with E-state index in [0.29, 0.717) is 22.2 Å². The maximum atomic E-state index is 14.9. The lowest BCUT2D eigenvalue weighted by atomic mass is 9.76. The Morgan fingerprint density at radius 3 is 2.26 bits per heavy atom. The molecular formula is C26H26F7IN2O4S2. The summed E-state index contributed by atoms with van der Waals surface area (Å²) >= 11 is 1.97. The summed E-state index contributed by atoms with van der Waals surface area (Å²) in [6.07, 6.45) is -13.3. The van der Waals surface area contributed by atoms with Gasteiger partial charge in [0.25, 0.3) is 0 Å². The Hall–Kier alpha value is -1.79. The van der Waals surface area contributed by atoms with E-state index in [9.17, 15) is 48.2 Å². The van der Waals surface area contributed by atoms with Crippen LogP contribution in [0.1, 0.15) is 42.9 Å². The number of halogens is 8. The Kier molecular flexibility index (Phi) is 9.16. The van der Waals surface area contributed by atoms with Gasteiger partial charge in [-0.25, -0.2) is 21.7 Å². The lowest BCUT2D eigenvalue weighted by Gasteiger charge is -2.43. The molecule has 1 unspecified atom stereocenters. The van der Waals surface area contributed by atoms with Crippen molar-refractivity contribution in [2.24, 2.45) is 0 Å². The molecule has 1 fully saturated rings. The van der Waals surface area contributed by atoms with Crippen molar-refractivity contribution < 1.29 is 48.2 Å². The van der Waals surface area contributed by atoms with Gasteiger partial charge in [0.1, 0.15) is 4.75 Å². The molecule has 6 nitrogen and oxygen atoms in total. The number of alkyl halides is 7. The number of carbonyl (C=O) groups is 1. The SMILES string of the molecule is CCNS(=O)CCC(=O)N1CC[C@@]2(S(=O)(=O)c3ccc(I)cc3)c3ccc(C(F)(C(F)(F)F)C(F)(F)F)cc3CC[C@@H]12. The number of carbonyl (C=O) groups excluding carboxylic acids is 1. The fourth-order valence-corrected chi connectivity index (χ4v) is 9.46. The van der Waals surface area contributed by atoms with Gasteiger partial charge in [-0.3, -0.25) is 4.79 Å². The number of nitrogens with zero attached hydrogens (tertiary/aromatic N) is 1. The van der Waals surface area contributed by atoms with Crippen molar-refractivity contribution in [3.63, 3.8) is 0 Å². The predicted octanol–water partition coefficient (Wildman–Crippen LogP) is 5.46. The number of amides is 1. The normalized spacial score (nSPS) is 22.0. The second-order valence-corrected chi connectivity index (χ2v) is 14.9. The number of likely N-dealkylation sites (tertiary alicyclic amines) is 1. The number of sulfone groups is 1. The van der Waals surface area contributed by atoms with E-state index in [2.05, 4.69) is 4.72 Å². The number of aryl methyl sites for hydroxylation is 1. The summed E-state index contributed by atoms with van der Waals surface area (Å²) in [5.74, 6) is -0.525. The van der Waals surface area contributed by atoms with Crippen LogP contribution in [0, 0.1) is 3.57 Å². The van der Waals surface area contributed by atoms with Gasteiger partial charge in [-0.2, -0.15) is 26.3 Å². The van der Waals surface area contributed by atoms with Crippen LogP contribution < -0.4 is 4.72 Å². The molecule has 1 N–H and O–H groups in total. The molecule has 3 atom stereocenters. The Morgan fingerprint density at radius 2 is 1.69 bits per heavy atom. The number of hydrogen-bond acceptors (Lipinski definition) is 4. The Bertz CT molecular complexity index is 1470. The number of rotatable bonds is 8. The minimum atomic E-state index is -6.33. The minimum absolute atomic E-state index is 0.0415. The zero-order chi connectivity index (χ0) is 31.3. The summed E-state index contributed by atoms with van der Waals surface area (Å²) < 4.78 is 138. The van der Waals surface area contributed by atoms with E-state index in [1.807, 2.05) is 22.6 Å². The molecule has 1 aliphatic heterocycles. The third-order valence-electron chi connectivity index (χ3n) is 7.80. The average Bonchev–Trinajstić information content (AvgIpc) is 3.32. The lowest BCUT2D eigenvalue weighted by Crippen LogP contribution is -2.53. The molecule has 0 aromatic heterocycles. The zero-order valence-electron chi connectivity index (χ0n) is 22.0. The molecule has 0 spiro atoms. The van der Waals surface area contributed by atoms with Gasteiger partial charge >= 0.3 is 18.0 Å². The first-order valence-corrected chi connectivity index (χ1v) is 16.7. The smallest absolute Gasteiger partial charge is 0.338 e. The van der Waals surface area contributed by atoms with Gasteiger partial charge in [-0.15, -0.1) is 0 Å². The molecule has 0 bridgehead atoms. The Balaban J connectivity index is 1.86. The van der Waals surface area contributed by atoms with Gasteiger partial charge in [0, 0.05) is 34.4 Å². The van der Waals surface area contributed by atoms with Crippen LogP contribution >= 0.6 is 22.6 Å². The topological polar surface area (TPSA) is 83.6 Å². The van der Waals surface area contributed by atoms with Crippen LogP contribution in [0.15, 0.2) is 47.4 Å². The first-order chi connectivity index (χ1) is 19.4. The highest BCUT2D eigenvalue weighted by Gasteiger charge is 2.73. The fraction of sp³-hybridized carbons (Fsp3) is 0.500. The molecule has 0 saturated carbocycles. The Morgan fingerprint density at radius 1 is 1.07 bits per heavy atom. The first-order valence-electron chi connectivity index (χ1n) is 12.8. The number of benzene rings is 2. The van der Waals surface area contributed by atoms with E-state index >= 15 is 0 Å². The molecule has 1 heterocycles. The largest absolute Gasteiger partial charge is 0.435 e. The van der Waals surface area contributed by atoms with Crippen LogP contribution in [0.25, 0.3) is 0 Å². The highest BCUT2D eigenvalue weighted by molar-refractivity contribution is 14.1. The van der Waals surface area contributed by atoms with Gasteiger partial charge in [-0.05, 0) is 77.2 Å². The van der Waals surface area contributed by atoms with Crippen molar-refractivity contribution in [2.75, 3.05) is 18.8 Å². The molecule has 2 aromatic rings. The van der Waals surface area contributed by atoms with Crippen molar-refractivity contribution in [2.45, 2.75) is 66.3 Å². The molecule has 232 valence electrons. The zero-order valence-corrected chi connectivity index (χ0v) is 25.8. The second kappa shape index (κ2) is 11.6. The maximum absolute atomic E-state index is 14.9. The molecule has 2 aliphatic rings. The van der Waals surface area contributed by atoms with Gasteiger partial charge in [-0.1, -0.05) is 25.1 Å². The standard InChI is InChI=1S/C26H26F7IN2O4S2/c1-2-35-41(38)14-11-22(37)36-13-12-23(42(39,40)19-7-5-18(34)6-8-19)20-9-4-17(15-16(20)3-10-21(23)36)24(27,25(28,29)30)26(31,32)33/h4-9,15,21,35H,2-3,10-14H2,1H3/t21-,23-,41?/m1/s1. The first kappa shape index (κ1) is 33.1. The number of hydrogen-bond donors (Lipinski definition) is 1. The third-order valence-corrected chi connectivity index (χ3v) is 12.2. The summed E-state index contributed by atoms with van der Waals surface area (Å²) in [7, 11) is -5.92. The van der Waals surface area contributed by atoms with Crippen molar-refractivity contribution in [1.82, 2.24) is 9.62 Å². The van der Waals surface area contributed by atoms with E-state index in [-0.39, 0.29) is 54.0 Å². The molecule has 4 rings (SSSR count). The molecule has 2 aromatic carbocycles. The van der Waals surface area contributed by atoms with Crippen LogP contribution in [0.2, 0.25) is 0 Å². The van der Waals surface area contributed by atoms with E-state index in [0.717, 1.165) is 6.07 Å². The third kappa shape index (κ3) is 5.38. The molecule has 1 amide bonds.